The molecule has 4 heteroatoms. The van der Waals surface area contributed by atoms with Gasteiger partial charge in [-0.25, -0.2) is 4.98 Å². The number of carbonyl (C=O) groups excluding carboxylic acids is 1. The molecule has 1 fully saturated rings. The fourth-order valence-corrected chi connectivity index (χ4v) is 2.50. The van der Waals surface area contributed by atoms with Crippen molar-refractivity contribution in [1.82, 2.24) is 4.98 Å². The molecule has 0 bridgehead atoms. The van der Waals surface area contributed by atoms with Gasteiger partial charge in [-0.1, -0.05) is 30.9 Å². The van der Waals surface area contributed by atoms with Crippen molar-refractivity contribution in [1.29, 1.82) is 0 Å². The van der Waals surface area contributed by atoms with Crippen LogP contribution in [0.5, 0.6) is 5.88 Å². The summed E-state index contributed by atoms with van der Waals surface area (Å²) in [5.41, 5.74) is 0.547. The number of hydrogen-bond acceptors (Lipinski definition) is 3. The Hall–Kier alpha value is -1.09. The Morgan fingerprint density at radius 2 is 2.12 bits per heavy atom. The van der Waals surface area contributed by atoms with Crippen molar-refractivity contribution < 1.29 is 9.53 Å². The number of carbonyl (C=O) groups is 1. The predicted molar refractivity (Wildman–Crippen MR) is 66.7 cm³/mol. The van der Waals surface area contributed by atoms with E-state index in [2.05, 4.69) is 4.98 Å². The fraction of sp³-hybridized carbons (Fsp3) is 0.538. The number of Topliss-reactive ketones (excluding diaryl/α,β-unsaturated/α-hetero) is 1. The van der Waals surface area contributed by atoms with Crippen molar-refractivity contribution in [2.75, 3.05) is 7.11 Å². The number of pyridine rings is 1. The second kappa shape index (κ2) is 5.50. The van der Waals surface area contributed by atoms with Gasteiger partial charge < -0.3 is 4.74 Å². The minimum Gasteiger partial charge on any atom is -0.481 e. The highest BCUT2D eigenvalue weighted by Crippen LogP contribution is 2.30. The van der Waals surface area contributed by atoms with E-state index in [-0.39, 0.29) is 11.7 Å². The first-order valence-electron chi connectivity index (χ1n) is 5.96. The minimum absolute atomic E-state index is 0.119. The summed E-state index contributed by atoms with van der Waals surface area (Å²) in [7, 11) is 1.53. The average Bonchev–Trinajstić information content (AvgIpc) is 2.39. The number of halogens is 1. The number of nitrogens with zero attached hydrogens (tertiary/aromatic N) is 1. The van der Waals surface area contributed by atoms with Gasteiger partial charge in [0.05, 0.1) is 18.3 Å². The number of ketones is 1. The molecule has 1 saturated carbocycles. The monoisotopic (exact) mass is 253 g/mol. The summed E-state index contributed by atoms with van der Waals surface area (Å²) >= 11 is 6.03. The largest absolute Gasteiger partial charge is 0.481 e. The first-order valence-corrected chi connectivity index (χ1v) is 6.34. The molecule has 1 aliphatic rings. The van der Waals surface area contributed by atoms with Crippen LogP contribution in [0.1, 0.15) is 42.5 Å². The van der Waals surface area contributed by atoms with Crippen molar-refractivity contribution in [3.8, 4) is 5.88 Å². The van der Waals surface area contributed by atoms with Crippen LogP contribution in [-0.4, -0.2) is 17.9 Å². The van der Waals surface area contributed by atoms with Crippen LogP contribution < -0.4 is 4.74 Å². The topological polar surface area (TPSA) is 39.2 Å². The summed E-state index contributed by atoms with van der Waals surface area (Å²) in [5, 5.41) is 0.418. The highest BCUT2D eigenvalue weighted by atomic mass is 35.5. The molecule has 0 atom stereocenters. The van der Waals surface area contributed by atoms with Crippen LogP contribution in [0.3, 0.4) is 0 Å². The van der Waals surface area contributed by atoms with Gasteiger partial charge in [0.1, 0.15) is 0 Å². The van der Waals surface area contributed by atoms with Crippen LogP contribution >= 0.6 is 11.6 Å². The maximum atomic E-state index is 12.3. The summed E-state index contributed by atoms with van der Waals surface area (Å²) < 4.78 is 5.03. The van der Waals surface area contributed by atoms with E-state index in [1.807, 2.05) is 0 Å². The highest BCUT2D eigenvalue weighted by Gasteiger charge is 2.24. The Kier molecular flexibility index (Phi) is 4.00. The van der Waals surface area contributed by atoms with Gasteiger partial charge in [-0.2, -0.15) is 0 Å². The van der Waals surface area contributed by atoms with Crippen LogP contribution in [0, 0.1) is 5.92 Å². The lowest BCUT2D eigenvalue weighted by Gasteiger charge is -2.20. The zero-order chi connectivity index (χ0) is 12.3. The number of hydrogen-bond donors (Lipinski definition) is 0. The molecule has 1 heterocycles. The molecule has 17 heavy (non-hydrogen) atoms. The normalized spacial score (nSPS) is 16.8. The molecule has 1 aromatic heterocycles. The van der Waals surface area contributed by atoms with Gasteiger partial charge in [0.25, 0.3) is 0 Å². The Bertz CT molecular complexity index is 414. The van der Waals surface area contributed by atoms with Crippen LogP contribution in [-0.2, 0) is 0 Å². The SMILES string of the molecule is COc1cc(C(=O)C2CCCCC2)c(Cl)cn1. The molecule has 0 radical (unpaired) electrons. The standard InChI is InChI=1S/C13H16ClNO2/c1-17-12-7-10(11(14)8-15-12)13(16)9-5-3-2-4-6-9/h7-9H,2-6H2,1H3. The molecule has 1 aliphatic carbocycles. The van der Waals surface area contributed by atoms with Gasteiger partial charge in [-0.15, -0.1) is 0 Å². The van der Waals surface area contributed by atoms with E-state index in [1.54, 1.807) is 6.07 Å². The molecule has 0 aliphatic heterocycles. The Morgan fingerprint density at radius 1 is 1.41 bits per heavy atom. The van der Waals surface area contributed by atoms with Crippen molar-refractivity contribution in [3.63, 3.8) is 0 Å². The third kappa shape index (κ3) is 2.78. The number of rotatable bonds is 3. The van der Waals surface area contributed by atoms with Crippen molar-refractivity contribution in [2.24, 2.45) is 5.92 Å². The first-order chi connectivity index (χ1) is 8.22. The second-order valence-corrected chi connectivity index (χ2v) is 4.81. The van der Waals surface area contributed by atoms with E-state index in [9.17, 15) is 4.79 Å². The molecule has 0 aromatic carbocycles. The lowest BCUT2D eigenvalue weighted by Crippen LogP contribution is -2.18. The third-order valence-corrected chi connectivity index (χ3v) is 3.58. The van der Waals surface area contributed by atoms with Gasteiger partial charge in [-0.3, -0.25) is 4.79 Å². The third-order valence-electron chi connectivity index (χ3n) is 3.28. The maximum Gasteiger partial charge on any atom is 0.213 e. The van der Waals surface area contributed by atoms with E-state index in [0.717, 1.165) is 25.7 Å². The molecule has 0 N–H and O–H groups in total. The summed E-state index contributed by atoms with van der Waals surface area (Å²) in [5.74, 6) is 0.692. The van der Waals surface area contributed by atoms with E-state index < -0.39 is 0 Å². The van der Waals surface area contributed by atoms with Gasteiger partial charge in [0, 0.05) is 17.5 Å². The van der Waals surface area contributed by atoms with Gasteiger partial charge >= 0.3 is 0 Å². The van der Waals surface area contributed by atoms with Crippen LogP contribution in [0.2, 0.25) is 5.02 Å². The number of methoxy groups -OCH3 is 1. The highest BCUT2D eigenvalue weighted by molar-refractivity contribution is 6.34. The zero-order valence-corrected chi connectivity index (χ0v) is 10.7. The van der Waals surface area contributed by atoms with E-state index >= 15 is 0 Å². The summed E-state index contributed by atoms with van der Waals surface area (Å²) in [6, 6.07) is 1.64. The quantitative estimate of drug-likeness (QED) is 0.774. The molecule has 3 nitrogen and oxygen atoms in total. The summed E-state index contributed by atoms with van der Waals surface area (Å²) in [6.07, 6.45) is 6.93. The maximum absolute atomic E-state index is 12.3. The average molecular weight is 254 g/mol. The molecule has 0 saturated heterocycles. The number of aromatic nitrogens is 1. The van der Waals surface area contributed by atoms with E-state index in [0.29, 0.717) is 16.5 Å². The lowest BCUT2D eigenvalue weighted by atomic mass is 9.84. The van der Waals surface area contributed by atoms with Crippen LogP contribution in [0.4, 0.5) is 0 Å². The molecule has 0 unspecified atom stereocenters. The van der Waals surface area contributed by atoms with Gasteiger partial charge in [0.15, 0.2) is 5.78 Å². The molecule has 2 rings (SSSR count). The lowest BCUT2D eigenvalue weighted by molar-refractivity contribution is 0.0889. The fourth-order valence-electron chi connectivity index (χ4n) is 2.30. The first kappa shape index (κ1) is 12.4. The minimum atomic E-state index is 0.119. The summed E-state index contributed by atoms with van der Waals surface area (Å²) in [6.45, 7) is 0. The van der Waals surface area contributed by atoms with Gasteiger partial charge in [0.2, 0.25) is 5.88 Å². The van der Waals surface area contributed by atoms with Crippen molar-refractivity contribution in [3.05, 3.63) is 22.8 Å². The molecular weight excluding hydrogens is 238 g/mol. The predicted octanol–water partition coefficient (Wildman–Crippen LogP) is 3.51. The van der Waals surface area contributed by atoms with E-state index in [4.69, 9.17) is 16.3 Å². The molecule has 1 aromatic rings. The molecule has 0 amide bonds. The Balaban J connectivity index is 2.22. The molecular formula is C13H16ClNO2. The molecule has 92 valence electrons. The van der Waals surface area contributed by atoms with Crippen LogP contribution in [0.25, 0.3) is 0 Å². The van der Waals surface area contributed by atoms with E-state index in [1.165, 1.54) is 19.7 Å². The second-order valence-electron chi connectivity index (χ2n) is 4.41. The smallest absolute Gasteiger partial charge is 0.213 e. The number of ether oxygens (including phenoxy) is 1. The van der Waals surface area contributed by atoms with Crippen molar-refractivity contribution in [2.45, 2.75) is 32.1 Å². The van der Waals surface area contributed by atoms with Crippen molar-refractivity contribution >= 4 is 17.4 Å². The summed E-state index contributed by atoms with van der Waals surface area (Å²) in [4.78, 5) is 16.3. The van der Waals surface area contributed by atoms with Crippen LogP contribution in [0.15, 0.2) is 12.3 Å². The Morgan fingerprint density at radius 3 is 2.76 bits per heavy atom. The zero-order valence-electron chi connectivity index (χ0n) is 9.91. The molecule has 0 spiro atoms. The Labute approximate surface area is 106 Å². The van der Waals surface area contributed by atoms with Gasteiger partial charge in [-0.05, 0) is 12.8 Å².